The van der Waals surface area contributed by atoms with E-state index in [2.05, 4.69) is 12.2 Å². The van der Waals surface area contributed by atoms with Crippen molar-refractivity contribution < 1.29 is 4.79 Å². The number of carbonyl (C=O) groups excluding carboxylic acids is 1. The van der Waals surface area contributed by atoms with Gasteiger partial charge in [0.2, 0.25) is 0 Å². The molecule has 1 amide bonds. The number of aromatic nitrogens is 2. The summed E-state index contributed by atoms with van der Waals surface area (Å²) in [7, 11) is 0. The van der Waals surface area contributed by atoms with Gasteiger partial charge in [-0.05, 0) is 31.0 Å². The molecule has 0 saturated heterocycles. The Kier molecular flexibility index (Phi) is 6.27. The Morgan fingerprint density at radius 3 is 2.10 bits per heavy atom. The Morgan fingerprint density at radius 2 is 1.48 bits per heavy atom. The minimum absolute atomic E-state index is 0.0964. The van der Waals surface area contributed by atoms with E-state index in [9.17, 15) is 4.79 Å². The summed E-state index contributed by atoms with van der Waals surface area (Å²) in [6, 6.07) is 29.9. The largest absolute Gasteiger partial charge is 0.345 e. The zero-order valence-electron chi connectivity index (χ0n) is 18.0. The minimum atomic E-state index is -0.105. The number of rotatable bonds is 7. The highest BCUT2D eigenvalue weighted by Crippen LogP contribution is 2.29. The van der Waals surface area contributed by atoms with Crippen LogP contribution in [0.2, 0.25) is 0 Å². The Hall–Kier alpha value is -3.66. The molecule has 0 spiro atoms. The van der Waals surface area contributed by atoms with Gasteiger partial charge < -0.3 is 5.32 Å². The van der Waals surface area contributed by atoms with Crippen molar-refractivity contribution in [1.82, 2.24) is 15.1 Å². The molecule has 4 aromatic rings. The number of nitrogens with one attached hydrogen (secondary N) is 1. The van der Waals surface area contributed by atoms with E-state index >= 15 is 0 Å². The van der Waals surface area contributed by atoms with E-state index in [0.29, 0.717) is 11.3 Å². The Morgan fingerprint density at radius 1 is 0.903 bits per heavy atom. The molecule has 4 rings (SSSR count). The Bertz CT molecular complexity index is 1140. The van der Waals surface area contributed by atoms with Crippen molar-refractivity contribution in [3.8, 4) is 16.9 Å². The van der Waals surface area contributed by atoms with Gasteiger partial charge in [-0.1, -0.05) is 92.2 Å². The second-order valence-corrected chi connectivity index (χ2v) is 7.64. The van der Waals surface area contributed by atoms with E-state index in [1.165, 1.54) is 0 Å². The van der Waals surface area contributed by atoms with Crippen LogP contribution in [0.4, 0.5) is 0 Å². The van der Waals surface area contributed by atoms with Gasteiger partial charge in [-0.3, -0.25) is 4.79 Å². The fourth-order valence-electron chi connectivity index (χ4n) is 3.83. The van der Waals surface area contributed by atoms with Crippen molar-refractivity contribution in [2.75, 3.05) is 0 Å². The standard InChI is InChI=1S/C27H27N3O/c1-3-13-24-25(27(31)28-20(2)21-14-7-4-8-15-21)26(22-16-9-5-10-17-22)29-30(24)23-18-11-6-12-19-23/h4-12,14-20H,3,13H2,1-2H3,(H,28,31). The number of hydrogen-bond donors (Lipinski definition) is 1. The van der Waals surface area contributed by atoms with E-state index in [0.717, 1.165) is 35.3 Å². The summed E-state index contributed by atoms with van der Waals surface area (Å²) in [5, 5.41) is 8.12. The van der Waals surface area contributed by atoms with Gasteiger partial charge in [0.25, 0.3) is 5.91 Å². The van der Waals surface area contributed by atoms with Crippen molar-refractivity contribution in [2.45, 2.75) is 32.7 Å². The van der Waals surface area contributed by atoms with Crippen molar-refractivity contribution >= 4 is 5.91 Å². The predicted octanol–water partition coefficient (Wildman–Crippen LogP) is 5.98. The van der Waals surface area contributed by atoms with Crippen molar-refractivity contribution in [2.24, 2.45) is 0 Å². The Balaban J connectivity index is 1.82. The molecule has 0 saturated carbocycles. The van der Waals surface area contributed by atoms with Crippen molar-refractivity contribution in [3.63, 3.8) is 0 Å². The first-order chi connectivity index (χ1) is 15.2. The van der Waals surface area contributed by atoms with E-state index in [-0.39, 0.29) is 11.9 Å². The van der Waals surface area contributed by atoms with Crippen molar-refractivity contribution in [1.29, 1.82) is 0 Å². The molecule has 0 radical (unpaired) electrons. The van der Waals surface area contributed by atoms with Gasteiger partial charge in [-0.25, -0.2) is 4.68 Å². The van der Waals surface area contributed by atoms with E-state index < -0.39 is 0 Å². The zero-order valence-corrected chi connectivity index (χ0v) is 18.0. The minimum Gasteiger partial charge on any atom is -0.345 e. The molecule has 1 heterocycles. The summed E-state index contributed by atoms with van der Waals surface area (Å²) in [6.07, 6.45) is 1.68. The molecular weight excluding hydrogens is 382 g/mol. The number of carbonyl (C=O) groups is 1. The summed E-state index contributed by atoms with van der Waals surface area (Å²) in [4.78, 5) is 13.6. The van der Waals surface area contributed by atoms with Crippen LogP contribution in [0.5, 0.6) is 0 Å². The average molecular weight is 410 g/mol. The molecular formula is C27H27N3O. The number of benzene rings is 3. The summed E-state index contributed by atoms with van der Waals surface area (Å²) >= 11 is 0. The molecule has 4 heteroatoms. The van der Waals surface area contributed by atoms with Gasteiger partial charge >= 0.3 is 0 Å². The summed E-state index contributed by atoms with van der Waals surface area (Å²) in [5.74, 6) is -0.0964. The third kappa shape index (κ3) is 4.43. The maximum absolute atomic E-state index is 13.6. The van der Waals surface area contributed by atoms with Crippen LogP contribution in [-0.4, -0.2) is 15.7 Å². The zero-order chi connectivity index (χ0) is 21.6. The average Bonchev–Trinajstić information content (AvgIpc) is 3.20. The lowest BCUT2D eigenvalue weighted by Crippen LogP contribution is -2.28. The van der Waals surface area contributed by atoms with Gasteiger partial charge in [0, 0.05) is 5.56 Å². The first-order valence-electron chi connectivity index (χ1n) is 10.8. The van der Waals surface area contributed by atoms with Gasteiger partial charge in [-0.15, -0.1) is 0 Å². The smallest absolute Gasteiger partial charge is 0.255 e. The highest BCUT2D eigenvalue weighted by molar-refractivity contribution is 6.01. The molecule has 1 N–H and O–H groups in total. The molecule has 0 fully saturated rings. The first-order valence-corrected chi connectivity index (χ1v) is 10.8. The second kappa shape index (κ2) is 9.43. The molecule has 31 heavy (non-hydrogen) atoms. The molecule has 4 nitrogen and oxygen atoms in total. The number of para-hydroxylation sites is 1. The first kappa shape index (κ1) is 20.6. The highest BCUT2D eigenvalue weighted by Gasteiger charge is 2.26. The van der Waals surface area contributed by atoms with Crippen molar-refractivity contribution in [3.05, 3.63) is 108 Å². The summed E-state index contributed by atoms with van der Waals surface area (Å²) in [6.45, 7) is 4.13. The third-order valence-electron chi connectivity index (χ3n) is 5.39. The van der Waals surface area contributed by atoms with Gasteiger partial charge in [0.05, 0.1) is 23.0 Å². The van der Waals surface area contributed by atoms with E-state index in [1.807, 2.05) is 103 Å². The normalized spacial score (nSPS) is 11.8. The van der Waals surface area contributed by atoms with Crippen LogP contribution < -0.4 is 5.32 Å². The molecule has 1 aromatic heterocycles. The molecule has 156 valence electrons. The Labute approximate surface area is 183 Å². The predicted molar refractivity (Wildman–Crippen MR) is 125 cm³/mol. The third-order valence-corrected chi connectivity index (χ3v) is 5.39. The fraction of sp³-hybridized carbons (Fsp3) is 0.185. The monoisotopic (exact) mass is 409 g/mol. The SMILES string of the molecule is CCCc1c(C(=O)NC(C)c2ccccc2)c(-c2ccccc2)nn1-c1ccccc1. The number of hydrogen-bond acceptors (Lipinski definition) is 2. The lowest BCUT2D eigenvalue weighted by molar-refractivity contribution is 0.0939. The molecule has 0 aliphatic carbocycles. The summed E-state index contributed by atoms with van der Waals surface area (Å²) < 4.78 is 1.92. The van der Waals surface area contributed by atoms with Gasteiger partial charge in [-0.2, -0.15) is 5.10 Å². The molecule has 0 aliphatic rings. The van der Waals surface area contributed by atoms with E-state index in [4.69, 9.17) is 5.10 Å². The maximum Gasteiger partial charge on any atom is 0.255 e. The van der Waals surface area contributed by atoms with Crippen LogP contribution in [0.3, 0.4) is 0 Å². The maximum atomic E-state index is 13.6. The van der Waals surface area contributed by atoms with Gasteiger partial charge in [0.1, 0.15) is 5.69 Å². The van der Waals surface area contributed by atoms with Crippen LogP contribution >= 0.6 is 0 Å². The van der Waals surface area contributed by atoms with Gasteiger partial charge in [0.15, 0.2) is 0 Å². The van der Waals surface area contributed by atoms with Crippen LogP contribution in [-0.2, 0) is 6.42 Å². The van der Waals surface area contributed by atoms with Crippen LogP contribution in [0.15, 0.2) is 91.0 Å². The lowest BCUT2D eigenvalue weighted by atomic mass is 10.0. The molecule has 1 unspecified atom stereocenters. The number of amides is 1. The van der Waals surface area contributed by atoms with Crippen LogP contribution in [0.1, 0.15) is 47.9 Å². The molecule has 1 atom stereocenters. The van der Waals surface area contributed by atoms with E-state index in [1.54, 1.807) is 0 Å². The number of nitrogens with zero attached hydrogens (tertiary/aromatic N) is 2. The lowest BCUT2D eigenvalue weighted by Gasteiger charge is -2.15. The molecule has 3 aromatic carbocycles. The molecule has 0 bridgehead atoms. The molecule has 0 aliphatic heterocycles. The highest BCUT2D eigenvalue weighted by atomic mass is 16.1. The fourth-order valence-corrected chi connectivity index (χ4v) is 3.83. The second-order valence-electron chi connectivity index (χ2n) is 7.64. The quantitative estimate of drug-likeness (QED) is 0.408. The van der Waals surface area contributed by atoms with Crippen LogP contribution in [0, 0.1) is 0 Å². The summed E-state index contributed by atoms with van der Waals surface area (Å²) in [5.41, 5.74) is 5.27. The topological polar surface area (TPSA) is 46.9 Å². The van der Waals surface area contributed by atoms with Crippen LogP contribution in [0.25, 0.3) is 16.9 Å².